The summed E-state index contributed by atoms with van der Waals surface area (Å²) in [5, 5.41) is 25.0. The monoisotopic (exact) mass is 561 g/mol. The molecular formula is C27H43N7O6. The van der Waals surface area contributed by atoms with Gasteiger partial charge in [-0.25, -0.2) is 4.79 Å². The van der Waals surface area contributed by atoms with Gasteiger partial charge in [0.05, 0.1) is 6.04 Å². The van der Waals surface area contributed by atoms with Gasteiger partial charge in [0.1, 0.15) is 12.3 Å². The molecule has 4 atom stereocenters. The summed E-state index contributed by atoms with van der Waals surface area (Å²) in [6.45, 7) is 6.11. The van der Waals surface area contributed by atoms with E-state index in [1.807, 2.05) is 31.3 Å². The molecule has 1 saturated heterocycles. The van der Waals surface area contributed by atoms with Crippen LogP contribution in [0.15, 0.2) is 24.3 Å². The fourth-order valence-corrected chi connectivity index (χ4v) is 4.39. The fraction of sp³-hybridized carbons (Fsp3) is 0.593. The summed E-state index contributed by atoms with van der Waals surface area (Å²) < 4.78 is 0. The van der Waals surface area contributed by atoms with Crippen LogP contribution in [-0.2, 0) is 25.7 Å². The number of nitrogens with zero attached hydrogens (tertiary/aromatic N) is 1. The van der Waals surface area contributed by atoms with Crippen LogP contribution in [0.5, 0.6) is 0 Å². The first kappa shape index (κ1) is 32.5. The number of rotatable bonds is 16. The summed E-state index contributed by atoms with van der Waals surface area (Å²) in [6.07, 6.45) is -0.456. The number of amides is 6. The molecular weight excluding hydrogens is 518 g/mol. The van der Waals surface area contributed by atoms with Crippen molar-refractivity contribution in [2.45, 2.75) is 71.3 Å². The Bertz CT molecular complexity index is 1030. The van der Waals surface area contributed by atoms with E-state index in [2.05, 4.69) is 26.6 Å². The van der Waals surface area contributed by atoms with E-state index in [9.17, 15) is 29.1 Å². The average Bonchev–Trinajstić information content (AvgIpc) is 3.13. The summed E-state index contributed by atoms with van der Waals surface area (Å²) in [5.74, 6) is -2.27. The summed E-state index contributed by atoms with van der Waals surface area (Å²) in [5.41, 5.74) is 6.84. The van der Waals surface area contributed by atoms with Crippen molar-refractivity contribution in [3.05, 3.63) is 29.8 Å². The lowest BCUT2D eigenvalue weighted by Crippen LogP contribution is -2.55. The van der Waals surface area contributed by atoms with Crippen molar-refractivity contribution >= 4 is 35.3 Å². The standard InChI is InChI=1S/C27H43N7O6/c1-16(2)23(33-21(35)11-13-34-22(36)14-17(3)26(34)39)25(38)32-20(6-5-12-30-27(28)40)24(37)31-19-9-7-18(8-10-19)15-29-4/h7-10,16-17,20,23-24,29,31,37H,5-6,11-15H2,1-4H3,(H,32,38)(H,33,35)(H3,28,30,40)/t17?,20-,23?,24?/m0/s1. The Balaban J connectivity index is 2.04. The number of imide groups is 1. The minimum absolute atomic E-state index is 0.0501. The van der Waals surface area contributed by atoms with Crippen LogP contribution < -0.4 is 32.3 Å². The molecule has 0 aromatic heterocycles. The largest absolute Gasteiger partial charge is 0.372 e. The van der Waals surface area contributed by atoms with Gasteiger partial charge in [-0.15, -0.1) is 0 Å². The van der Waals surface area contributed by atoms with Crippen molar-refractivity contribution in [3.8, 4) is 0 Å². The van der Waals surface area contributed by atoms with Crippen LogP contribution in [-0.4, -0.2) is 78.1 Å². The van der Waals surface area contributed by atoms with Crippen molar-refractivity contribution in [2.75, 3.05) is 25.5 Å². The maximum atomic E-state index is 13.3. The number of nitrogens with two attached hydrogens (primary N) is 1. The third-order valence-electron chi connectivity index (χ3n) is 6.65. The first-order valence-corrected chi connectivity index (χ1v) is 13.6. The zero-order valence-electron chi connectivity index (χ0n) is 23.7. The van der Waals surface area contributed by atoms with Gasteiger partial charge >= 0.3 is 6.03 Å². The van der Waals surface area contributed by atoms with Crippen LogP contribution in [0.2, 0.25) is 0 Å². The van der Waals surface area contributed by atoms with E-state index in [-0.39, 0.29) is 43.7 Å². The maximum absolute atomic E-state index is 13.3. The Labute approximate surface area is 235 Å². The van der Waals surface area contributed by atoms with Crippen molar-refractivity contribution in [1.29, 1.82) is 0 Å². The van der Waals surface area contributed by atoms with E-state index >= 15 is 0 Å². The molecule has 2 rings (SSSR count). The van der Waals surface area contributed by atoms with Crippen molar-refractivity contribution in [1.82, 2.24) is 26.2 Å². The molecule has 0 bridgehead atoms. The molecule has 13 heteroatoms. The van der Waals surface area contributed by atoms with E-state index in [0.29, 0.717) is 25.1 Å². The Morgan fingerprint density at radius 3 is 2.35 bits per heavy atom. The molecule has 1 heterocycles. The molecule has 8 N–H and O–H groups in total. The van der Waals surface area contributed by atoms with E-state index in [0.717, 1.165) is 10.5 Å². The van der Waals surface area contributed by atoms with E-state index in [1.54, 1.807) is 20.8 Å². The molecule has 1 fully saturated rings. The Kier molecular flexibility index (Phi) is 12.8. The fourth-order valence-electron chi connectivity index (χ4n) is 4.39. The van der Waals surface area contributed by atoms with E-state index in [4.69, 9.17) is 5.73 Å². The molecule has 0 aliphatic carbocycles. The van der Waals surface area contributed by atoms with Crippen LogP contribution >= 0.6 is 0 Å². The molecule has 0 radical (unpaired) electrons. The molecule has 6 amide bonds. The van der Waals surface area contributed by atoms with Crippen molar-refractivity contribution in [2.24, 2.45) is 17.6 Å². The number of likely N-dealkylation sites (tertiary alicyclic amines) is 1. The zero-order chi connectivity index (χ0) is 29.8. The lowest BCUT2D eigenvalue weighted by atomic mass is 10.0. The molecule has 222 valence electrons. The number of anilines is 1. The van der Waals surface area contributed by atoms with Crippen molar-refractivity contribution < 1.29 is 29.1 Å². The molecule has 40 heavy (non-hydrogen) atoms. The van der Waals surface area contributed by atoms with Crippen LogP contribution in [0.4, 0.5) is 10.5 Å². The van der Waals surface area contributed by atoms with Gasteiger partial charge in [0, 0.05) is 44.1 Å². The van der Waals surface area contributed by atoms with Gasteiger partial charge in [-0.2, -0.15) is 0 Å². The maximum Gasteiger partial charge on any atom is 0.312 e. The van der Waals surface area contributed by atoms with Crippen LogP contribution in [0.1, 0.15) is 52.0 Å². The van der Waals surface area contributed by atoms with Gasteiger partial charge in [-0.05, 0) is 43.5 Å². The van der Waals surface area contributed by atoms with Crippen LogP contribution in [0.3, 0.4) is 0 Å². The van der Waals surface area contributed by atoms with Crippen LogP contribution in [0.25, 0.3) is 0 Å². The highest BCUT2D eigenvalue weighted by Crippen LogP contribution is 2.19. The Morgan fingerprint density at radius 2 is 1.80 bits per heavy atom. The highest BCUT2D eigenvalue weighted by molar-refractivity contribution is 6.03. The molecule has 13 nitrogen and oxygen atoms in total. The number of carbonyl (C=O) groups excluding carboxylic acids is 5. The smallest absolute Gasteiger partial charge is 0.312 e. The zero-order valence-corrected chi connectivity index (χ0v) is 23.7. The topological polar surface area (TPSA) is 195 Å². The van der Waals surface area contributed by atoms with Gasteiger partial charge < -0.3 is 37.4 Å². The lowest BCUT2D eigenvalue weighted by Gasteiger charge is -2.29. The predicted octanol–water partition coefficient (Wildman–Crippen LogP) is -0.00450. The normalized spacial score (nSPS) is 17.4. The number of aliphatic hydroxyl groups excluding tert-OH is 1. The van der Waals surface area contributed by atoms with Gasteiger partial charge in [0.25, 0.3) is 0 Å². The number of aliphatic hydroxyl groups is 1. The second-order valence-electron chi connectivity index (χ2n) is 10.4. The molecule has 1 aromatic carbocycles. The quantitative estimate of drug-likeness (QED) is 0.0831. The van der Waals surface area contributed by atoms with Crippen molar-refractivity contribution in [3.63, 3.8) is 0 Å². The summed E-state index contributed by atoms with van der Waals surface area (Å²) in [4.78, 5) is 62.2. The molecule has 3 unspecified atom stereocenters. The highest BCUT2D eigenvalue weighted by atomic mass is 16.3. The molecule has 0 saturated carbocycles. The summed E-state index contributed by atoms with van der Waals surface area (Å²) in [7, 11) is 1.85. The van der Waals surface area contributed by atoms with Gasteiger partial charge in [-0.1, -0.05) is 32.9 Å². The van der Waals surface area contributed by atoms with Gasteiger partial charge in [0.2, 0.25) is 23.6 Å². The van der Waals surface area contributed by atoms with Gasteiger partial charge in [0.15, 0.2) is 0 Å². The highest BCUT2D eigenvalue weighted by Gasteiger charge is 2.36. The SMILES string of the molecule is CNCc1ccc(NC(O)[C@H](CCCNC(N)=O)NC(=O)C(NC(=O)CCN2C(=O)CC(C)C2=O)C(C)C)cc1. The third kappa shape index (κ3) is 10.1. The molecule has 1 aromatic rings. The van der Waals surface area contributed by atoms with E-state index < -0.39 is 42.1 Å². The number of benzene rings is 1. The lowest BCUT2D eigenvalue weighted by molar-refractivity contribution is -0.140. The molecule has 0 spiro atoms. The number of hydrogen-bond acceptors (Lipinski definition) is 8. The number of urea groups is 1. The second-order valence-corrected chi connectivity index (χ2v) is 10.4. The minimum Gasteiger partial charge on any atom is -0.372 e. The Morgan fingerprint density at radius 1 is 1.12 bits per heavy atom. The first-order valence-electron chi connectivity index (χ1n) is 13.6. The minimum atomic E-state index is -1.18. The number of primary amides is 1. The van der Waals surface area contributed by atoms with Crippen LogP contribution in [0, 0.1) is 11.8 Å². The second kappa shape index (κ2) is 15.8. The van der Waals surface area contributed by atoms with Gasteiger partial charge in [-0.3, -0.25) is 24.1 Å². The van der Waals surface area contributed by atoms with E-state index in [1.165, 1.54) is 0 Å². The third-order valence-corrected chi connectivity index (χ3v) is 6.65. The summed E-state index contributed by atoms with van der Waals surface area (Å²) in [6, 6.07) is 5.09. The average molecular weight is 562 g/mol. The summed E-state index contributed by atoms with van der Waals surface area (Å²) >= 11 is 0. The molecule has 1 aliphatic rings. The molecule has 1 aliphatic heterocycles. The predicted molar refractivity (Wildman–Crippen MR) is 149 cm³/mol. The Hall–Kier alpha value is -3.71. The number of hydrogen-bond donors (Lipinski definition) is 7. The number of carbonyl (C=O) groups is 5. The first-order chi connectivity index (χ1) is 18.9. The number of nitrogens with one attached hydrogen (secondary N) is 5.